The fourth-order valence-electron chi connectivity index (χ4n) is 5.08. The molecule has 2 fully saturated rings. The standard InChI is InChI=1S/C25H36N8OS/c1-17(26)24(31(3)27)19-14-21-23(28-15-19)20-4-5-22(35-32-10-8-30(2)9-11-32)29-25(20)33(21)16-18-6-12-34-13-7-18/h4-5,14-15,18H,6-13,16,26-27H2,1-3H3/b24-17-. The van der Waals surface area contributed by atoms with Gasteiger partial charge in [-0.15, -0.1) is 0 Å². The van der Waals surface area contributed by atoms with E-state index in [2.05, 4.69) is 39.0 Å². The number of fused-ring (bicyclic) bond motifs is 3. The highest BCUT2D eigenvalue weighted by atomic mass is 32.2. The molecule has 10 heteroatoms. The summed E-state index contributed by atoms with van der Waals surface area (Å²) in [7, 11) is 3.98. The molecule has 0 saturated carbocycles. The Kier molecular flexibility index (Phi) is 7.17. The molecule has 5 rings (SSSR count). The van der Waals surface area contributed by atoms with E-state index in [-0.39, 0.29) is 0 Å². The van der Waals surface area contributed by atoms with Crippen LogP contribution in [0.15, 0.2) is 35.1 Å². The Morgan fingerprint density at radius 3 is 2.63 bits per heavy atom. The second-order valence-electron chi connectivity index (χ2n) is 9.74. The van der Waals surface area contributed by atoms with Crippen LogP contribution in [-0.2, 0) is 11.3 Å². The van der Waals surface area contributed by atoms with Gasteiger partial charge in [0.1, 0.15) is 10.7 Å². The number of pyridine rings is 2. The molecule has 35 heavy (non-hydrogen) atoms. The molecule has 0 unspecified atom stereocenters. The Balaban J connectivity index is 1.59. The van der Waals surface area contributed by atoms with Crippen molar-refractivity contribution in [2.45, 2.75) is 31.3 Å². The highest BCUT2D eigenvalue weighted by Crippen LogP contribution is 2.33. The number of hydrazine groups is 1. The first-order chi connectivity index (χ1) is 16.9. The zero-order valence-corrected chi connectivity index (χ0v) is 21.7. The summed E-state index contributed by atoms with van der Waals surface area (Å²) in [6, 6.07) is 6.46. The van der Waals surface area contributed by atoms with Crippen molar-refractivity contribution < 1.29 is 4.74 Å². The van der Waals surface area contributed by atoms with E-state index in [1.54, 1.807) is 24.0 Å². The first kappa shape index (κ1) is 24.3. The van der Waals surface area contributed by atoms with Crippen molar-refractivity contribution >= 4 is 39.7 Å². The lowest BCUT2D eigenvalue weighted by molar-refractivity contribution is 0.0619. The fourth-order valence-corrected chi connectivity index (χ4v) is 5.94. The van der Waals surface area contributed by atoms with Gasteiger partial charge >= 0.3 is 0 Å². The fraction of sp³-hybridized carbons (Fsp3) is 0.520. The third-order valence-corrected chi connectivity index (χ3v) is 8.02. The smallest absolute Gasteiger partial charge is 0.144 e. The van der Waals surface area contributed by atoms with Crippen LogP contribution in [0.4, 0.5) is 0 Å². The van der Waals surface area contributed by atoms with Gasteiger partial charge in [-0.2, -0.15) is 0 Å². The van der Waals surface area contributed by atoms with Crippen molar-refractivity contribution in [3.8, 4) is 0 Å². The van der Waals surface area contributed by atoms with Crippen LogP contribution in [0.3, 0.4) is 0 Å². The molecular weight excluding hydrogens is 460 g/mol. The Morgan fingerprint density at radius 1 is 1.20 bits per heavy atom. The van der Waals surface area contributed by atoms with Crippen molar-refractivity contribution in [3.05, 3.63) is 35.7 Å². The van der Waals surface area contributed by atoms with Gasteiger partial charge in [0.05, 0.1) is 16.7 Å². The third-order valence-electron chi connectivity index (χ3n) is 6.98. The molecule has 0 radical (unpaired) electrons. The maximum absolute atomic E-state index is 6.18. The molecule has 9 nitrogen and oxygen atoms in total. The van der Waals surface area contributed by atoms with Crippen LogP contribution < -0.4 is 11.6 Å². The van der Waals surface area contributed by atoms with E-state index in [0.717, 1.165) is 97.1 Å². The van der Waals surface area contributed by atoms with Gasteiger partial charge in [0, 0.05) is 75.8 Å². The van der Waals surface area contributed by atoms with Crippen molar-refractivity contribution in [3.63, 3.8) is 0 Å². The molecule has 0 aliphatic carbocycles. The molecule has 5 heterocycles. The van der Waals surface area contributed by atoms with Crippen LogP contribution in [0.1, 0.15) is 25.3 Å². The average Bonchev–Trinajstić information content (AvgIpc) is 3.13. The third kappa shape index (κ3) is 5.12. The first-order valence-electron chi connectivity index (χ1n) is 12.3. The molecule has 0 spiro atoms. The summed E-state index contributed by atoms with van der Waals surface area (Å²) in [5, 5.41) is 3.67. The largest absolute Gasteiger partial charge is 0.401 e. The predicted molar refractivity (Wildman–Crippen MR) is 142 cm³/mol. The molecular formula is C25H36N8OS. The number of piperazine rings is 1. The van der Waals surface area contributed by atoms with E-state index in [9.17, 15) is 0 Å². The number of rotatable bonds is 6. The van der Waals surface area contributed by atoms with Gasteiger partial charge in [0.2, 0.25) is 0 Å². The predicted octanol–water partition coefficient (Wildman–Crippen LogP) is 2.72. The minimum atomic E-state index is 0.547. The summed E-state index contributed by atoms with van der Waals surface area (Å²) in [5.41, 5.74) is 11.6. The van der Waals surface area contributed by atoms with Gasteiger partial charge in [-0.1, -0.05) is 0 Å². The molecule has 2 aliphatic rings. The number of hydrogen-bond acceptors (Lipinski definition) is 9. The highest BCUT2D eigenvalue weighted by molar-refractivity contribution is 7.97. The highest BCUT2D eigenvalue weighted by Gasteiger charge is 2.22. The maximum Gasteiger partial charge on any atom is 0.144 e. The van der Waals surface area contributed by atoms with Crippen LogP contribution >= 0.6 is 11.9 Å². The lowest BCUT2D eigenvalue weighted by Crippen LogP contribution is -2.41. The SMILES string of the molecule is C/C(N)=C(\c1cnc2c3ccc(SN4CCN(C)CC4)nc3n(CC3CCOCC3)c2c1)N(C)N. The van der Waals surface area contributed by atoms with Gasteiger partial charge < -0.3 is 24.9 Å². The van der Waals surface area contributed by atoms with E-state index in [4.69, 9.17) is 26.3 Å². The lowest BCUT2D eigenvalue weighted by atomic mass is 10.0. The first-order valence-corrected chi connectivity index (χ1v) is 13.1. The Labute approximate surface area is 211 Å². The number of likely N-dealkylation sites (N-methyl/N-ethyl adjacent to an activating group) is 1. The Bertz CT molecular complexity index is 1220. The summed E-state index contributed by atoms with van der Waals surface area (Å²) in [6.45, 7) is 8.64. The molecule has 4 N–H and O–H groups in total. The van der Waals surface area contributed by atoms with E-state index >= 15 is 0 Å². The summed E-state index contributed by atoms with van der Waals surface area (Å²) < 4.78 is 10.4. The number of allylic oxidation sites excluding steroid dienone is 1. The summed E-state index contributed by atoms with van der Waals surface area (Å²) in [5.74, 6) is 6.66. The lowest BCUT2D eigenvalue weighted by Gasteiger charge is -2.30. The zero-order chi connectivity index (χ0) is 24.5. The molecule has 0 aromatic carbocycles. The Morgan fingerprint density at radius 2 is 1.94 bits per heavy atom. The van der Waals surface area contributed by atoms with E-state index in [1.165, 1.54) is 0 Å². The molecule has 2 aliphatic heterocycles. The van der Waals surface area contributed by atoms with E-state index < -0.39 is 0 Å². The minimum absolute atomic E-state index is 0.547. The number of nitrogens with zero attached hydrogens (tertiary/aromatic N) is 6. The topological polar surface area (TPSA) is 102 Å². The van der Waals surface area contributed by atoms with Crippen LogP contribution in [-0.4, -0.2) is 82.2 Å². The average molecular weight is 497 g/mol. The molecule has 0 bridgehead atoms. The van der Waals surface area contributed by atoms with Gasteiger partial charge in [-0.3, -0.25) is 4.98 Å². The van der Waals surface area contributed by atoms with Crippen molar-refractivity contribution in [1.29, 1.82) is 0 Å². The van der Waals surface area contributed by atoms with Gasteiger partial charge in [0.25, 0.3) is 0 Å². The Hall–Kier alpha value is -2.37. The molecule has 3 aromatic heterocycles. The number of aromatic nitrogens is 3. The van der Waals surface area contributed by atoms with E-state index in [1.807, 2.05) is 13.1 Å². The van der Waals surface area contributed by atoms with Crippen LogP contribution in [0.25, 0.3) is 27.8 Å². The van der Waals surface area contributed by atoms with Gasteiger partial charge in [0.15, 0.2) is 0 Å². The normalized spacial score (nSPS) is 19.4. The molecule has 2 saturated heterocycles. The summed E-state index contributed by atoms with van der Waals surface area (Å²) in [6.07, 6.45) is 3.98. The second-order valence-corrected chi connectivity index (χ2v) is 10.9. The molecule has 3 aromatic rings. The molecule has 188 valence electrons. The monoisotopic (exact) mass is 496 g/mol. The number of ether oxygens (including phenoxy) is 1. The van der Waals surface area contributed by atoms with Crippen LogP contribution in [0, 0.1) is 5.92 Å². The maximum atomic E-state index is 6.18. The molecule has 0 amide bonds. The second kappa shape index (κ2) is 10.3. The van der Waals surface area contributed by atoms with Crippen LogP contribution in [0.5, 0.6) is 0 Å². The van der Waals surface area contributed by atoms with Gasteiger partial charge in [-0.05, 0) is 62.9 Å². The van der Waals surface area contributed by atoms with Crippen LogP contribution in [0.2, 0.25) is 0 Å². The minimum Gasteiger partial charge on any atom is -0.401 e. The van der Waals surface area contributed by atoms with Crippen molar-refractivity contribution in [2.24, 2.45) is 17.5 Å². The molecule has 0 atom stereocenters. The van der Waals surface area contributed by atoms with Gasteiger partial charge in [-0.25, -0.2) is 15.1 Å². The van der Waals surface area contributed by atoms with E-state index in [0.29, 0.717) is 11.6 Å². The quantitative estimate of drug-likeness (QED) is 0.303. The number of hydrogen-bond donors (Lipinski definition) is 2. The van der Waals surface area contributed by atoms with Crippen molar-refractivity contribution in [1.82, 2.24) is 28.7 Å². The zero-order valence-electron chi connectivity index (χ0n) is 20.9. The number of nitrogens with two attached hydrogens (primary N) is 2. The van der Waals surface area contributed by atoms with Crippen molar-refractivity contribution in [2.75, 3.05) is 53.5 Å². The summed E-state index contributed by atoms with van der Waals surface area (Å²) >= 11 is 1.76. The summed E-state index contributed by atoms with van der Waals surface area (Å²) in [4.78, 5) is 12.4.